The predicted octanol–water partition coefficient (Wildman–Crippen LogP) is 15.6. The molecule has 2 N–H and O–H groups in total. The van der Waals surface area contributed by atoms with Gasteiger partial charge in [0.05, 0.1) is 47.3 Å². The van der Waals surface area contributed by atoms with E-state index in [2.05, 4.69) is 31.4 Å². The molecule has 15 heteroatoms. The van der Waals surface area contributed by atoms with Crippen LogP contribution in [0, 0.1) is 43.1 Å². The molecule has 2 heterocycles. The fraction of sp³-hybridized carbons (Fsp3) is 0.414. The number of rotatable bonds is 14. The van der Waals surface area contributed by atoms with Gasteiger partial charge in [0.2, 0.25) is 11.8 Å². The molecular weight excluding hydrogens is 1080 g/mol. The molecule has 0 radical (unpaired) electrons. The number of halogens is 3. The van der Waals surface area contributed by atoms with Gasteiger partial charge in [-0.2, -0.15) is 0 Å². The van der Waals surface area contributed by atoms with Crippen molar-refractivity contribution in [1.82, 2.24) is 9.80 Å². The minimum atomic E-state index is -0.993. The van der Waals surface area contributed by atoms with Gasteiger partial charge >= 0.3 is 6.09 Å². The van der Waals surface area contributed by atoms with E-state index >= 15 is 18.0 Å². The molecule has 0 aliphatic carbocycles. The Morgan fingerprint density at radius 2 is 1.07 bits per heavy atom. The molecule has 2 aliphatic heterocycles. The normalized spacial score (nSPS) is 17.5. The lowest BCUT2D eigenvalue weighted by Gasteiger charge is -2.41. The van der Waals surface area contributed by atoms with Crippen LogP contribution in [0.25, 0.3) is 0 Å². The molecule has 4 unspecified atom stereocenters. The van der Waals surface area contributed by atoms with E-state index in [0.29, 0.717) is 89.3 Å². The highest BCUT2D eigenvalue weighted by molar-refractivity contribution is 6.00. The molecule has 85 heavy (non-hydrogen) atoms. The van der Waals surface area contributed by atoms with Crippen LogP contribution < -0.4 is 20.4 Å². The van der Waals surface area contributed by atoms with Crippen LogP contribution >= 0.6 is 0 Å². The number of benzene rings is 6. The first-order chi connectivity index (χ1) is 40.1. The molecule has 6 aromatic carbocycles. The maximum Gasteiger partial charge on any atom is 0.415 e. The van der Waals surface area contributed by atoms with Gasteiger partial charge in [0.15, 0.2) is 0 Å². The van der Waals surface area contributed by atoms with Crippen molar-refractivity contribution >= 4 is 52.5 Å². The SMILES string of the molecule is CCN(CC)c1ccc(C2C(C(=O)Nc3cc(N(Cc4cccc(C5C(C(=O)Nc6cccc(C(C)(C)C)c6)CCCN5C(=O)c5c(C)cccc5F)c4)C(=O)OC(C)(C)C)cc(C(C)(C)C)c3)CCCN2C(=O)c2c(C)cccc2F)cc1F. The summed E-state index contributed by atoms with van der Waals surface area (Å²) in [6.45, 7) is 26.3. The summed E-state index contributed by atoms with van der Waals surface area (Å²) in [6.07, 6.45) is 0.940. The van der Waals surface area contributed by atoms with Crippen molar-refractivity contribution in [2.45, 2.75) is 151 Å². The molecule has 2 saturated heterocycles. The monoisotopic (exact) mass is 1160 g/mol. The average Bonchev–Trinajstić information content (AvgIpc) is 2.60. The van der Waals surface area contributed by atoms with Crippen LogP contribution in [-0.2, 0) is 31.7 Å². The number of anilines is 4. The van der Waals surface area contributed by atoms with Gasteiger partial charge < -0.3 is 30.1 Å². The second kappa shape index (κ2) is 25.7. The van der Waals surface area contributed by atoms with Gasteiger partial charge in [0.1, 0.15) is 23.1 Å². The van der Waals surface area contributed by atoms with Crippen molar-refractivity contribution in [3.8, 4) is 0 Å². The first-order valence-corrected chi connectivity index (χ1v) is 29.7. The summed E-state index contributed by atoms with van der Waals surface area (Å²) in [6, 6.07) is 32.3. The van der Waals surface area contributed by atoms with Gasteiger partial charge in [-0.05, 0) is 179 Å². The van der Waals surface area contributed by atoms with Gasteiger partial charge in [-0.25, -0.2) is 18.0 Å². The van der Waals surface area contributed by atoms with Crippen LogP contribution in [0.1, 0.15) is 174 Å². The van der Waals surface area contributed by atoms with E-state index in [1.807, 2.05) is 100 Å². The van der Waals surface area contributed by atoms with Crippen LogP contribution in [0.4, 0.5) is 40.7 Å². The lowest BCUT2D eigenvalue weighted by molar-refractivity contribution is -0.124. The molecule has 6 aromatic rings. The van der Waals surface area contributed by atoms with Crippen molar-refractivity contribution in [2.75, 3.05) is 46.6 Å². The Kier molecular flexibility index (Phi) is 19.1. The second-order valence-corrected chi connectivity index (χ2v) is 25.8. The first kappa shape index (κ1) is 63.1. The molecule has 8 rings (SSSR count). The fourth-order valence-electron chi connectivity index (χ4n) is 11.9. The number of aryl methyl sites for hydroxylation is 2. The molecule has 2 fully saturated rings. The van der Waals surface area contributed by atoms with Crippen LogP contribution in [0.15, 0.2) is 121 Å². The van der Waals surface area contributed by atoms with Crippen LogP contribution in [-0.4, -0.2) is 71.3 Å². The number of carbonyl (C=O) groups is 5. The Labute approximate surface area is 500 Å². The zero-order valence-corrected chi connectivity index (χ0v) is 51.6. The zero-order valence-electron chi connectivity index (χ0n) is 51.6. The number of ether oxygens (including phenoxy) is 1. The largest absolute Gasteiger partial charge is 0.443 e. The molecule has 5 amide bonds. The Morgan fingerprint density at radius 1 is 0.565 bits per heavy atom. The Balaban J connectivity index is 1.19. The van der Waals surface area contributed by atoms with Crippen molar-refractivity contribution in [3.05, 3.63) is 189 Å². The van der Waals surface area contributed by atoms with E-state index in [1.165, 1.54) is 34.1 Å². The molecule has 4 atom stereocenters. The van der Waals surface area contributed by atoms with E-state index < -0.39 is 76.2 Å². The van der Waals surface area contributed by atoms with E-state index in [4.69, 9.17) is 4.74 Å². The molecule has 0 saturated carbocycles. The molecular formula is C70H83F3N6O6. The summed E-state index contributed by atoms with van der Waals surface area (Å²) in [5, 5.41) is 6.30. The highest BCUT2D eigenvalue weighted by Crippen LogP contribution is 2.43. The quantitative estimate of drug-likeness (QED) is 0.111. The second-order valence-electron chi connectivity index (χ2n) is 25.8. The Morgan fingerprint density at radius 3 is 1.58 bits per heavy atom. The number of nitrogens with zero attached hydrogens (tertiary/aromatic N) is 4. The number of nitrogens with one attached hydrogen (secondary N) is 2. The number of piperidine rings is 2. The summed E-state index contributed by atoms with van der Waals surface area (Å²) >= 11 is 0. The van der Waals surface area contributed by atoms with Gasteiger partial charge in [-0.15, -0.1) is 0 Å². The third-order valence-electron chi connectivity index (χ3n) is 16.4. The number of hydrogen-bond acceptors (Lipinski definition) is 7. The van der Waals surface area contributed by atoms with Crippen LogP contribution in [0.2, 0.25) is 0 Å². The van der Waals surface area contributed by atoms with Crippen molar-refractivity contribution in [3.63, 3.8) is 0 Å². The van der Waals surface area contributed by atoms with Crippen molar-refractivity contribution in [1.29, 1.82) is 0 Å². The summed E-state index contributed by atoms with van der Waals surface area (Å²) < 4.78 is 53.9. The van der Waals surface area contributed by atoms with E-state index in [-0.39, 0.29) is 42.1 Å². The smallest absolute Gasteiger partial charge is 0.415 e. The standard InChI is InChI=1S/C70H83F3N6O6/c1-14-76(15-2)58-33-32-47(37-57(58)73)62-54(29-21-35-78(62)66(83)60-44(4)23-17-31-56(60)72)64(81)75-51-39-49(69(8,9)10)40-52(41-51)79(67(84)85-70(11,12)13)42-45-24-18-25-46(36-45)61-53(63(80)74-50-27-19-26-48(38-50)68(5,6)7)28-20-34-77(61)65(82)59-43(3)22-16-30-55(59)71/h16-19,22-27,30-33,36-41,53-54,61-62H,14-15,20-21,28-29,34-35,42H2,1-13H3,(H,74,80)(H,75,81). The van der Waals surface area contributed by atoms with Crippen molar-refractivity contribution < 1.29 is 41.9 Å². The van der Waals surface area contributed by atoms with Gasteiger partial charge in [0.25, 0.3) is 11.8 Å². The topological polar surface area (TPSA) is 132 Å². The highest BCUT2D eigenvalue weighted by Gasteiger charge is 2.43. The van der Waals surface area contributed by atoms with Crippen LogP contribution in [0.5, 0.6) is 0 Å². The first-order valence-electron chi connectivity index (χ1n) is 29.7. The number of amides is 5. The van der Waals surface area contributed by atoms with Gasteiger partial charge in [-0.1, -0.05) is 108 Å². The Bertz CT molecular complexity index is 3430. The van der Waals surface area contributed by atoms with Crippen molar-refractivity contribution in [2.24, 2.45) is 11.8 Å². The maximum atomic E-state index is 16.3. The minimum absolute atomic E-state index is 0.0683. The summed E-state index contributed by atoms with van der Waals surface area (Å²) in [7, 11) is 0. The number of carbonyl (C=O) groups excluding carboxylic acids is 5. The third kappa shape index (κ3) is 14.4. The molecule has 0 aromatic heterocycles. The lowest BCUT2D eigenvalue weighted by atomic mass is 9.82. The van der Waals surface area contributed by atoms with Gasteiger partial charge in [-0.3, -0.25) is 24.1 Å². The summed E-state index contributed by atoms with van der Waals surface area (Å²) in [5.74, 6) is -5.48. The third-order valence-corrected chi connectivity index (χ3v) is 16.4. The molecule has 0 spiro atoms. The lowest BCUT2D eigenvalue weighted by Crippen LogP contribution is -2.47. The average molecular weight is 1160 g/mol. The Hall–Kier alpha value is -7.94. The van der Waals surface area contributed by atoms with E-state index in [0.717, 1.165) is 11.1 Å². The molecule has 2 aliphatic rings. The van der Waals surface area contributed by atoms with E-state index in [1.54, 1.807) is 75.9 Å². The molecule has 12 nitrogen and oxygen atoms in total. The fourth-order valence-corrected chi connectivity index (χ4v) is 11.9. The minimum Gasteiger partial charge on any atom is -0.443 e. The summed E-state index contributed by atoms with van der Waals surface area (Å²) in [4.78, 5) is 80.7. The molecule has 450 valence electrons. The van der Waals surface area contributed by atoms with Crippen LogP contribution in [0.3, 0.4) is 0 Å². The number of hydrogen-bond donors (Lipinski definition) is 2. The molecule has 0 bridgehead atoms. The predicted molar refractivity (Wildman–Crippen MR) is 332 cm³/mol. The zero-order chi connectivity index (χ0) is 61.9. The maximum absolute atomic E-state index is 16.3. The summed E-state index contributed by atoms with van der Waals surface area (Å²) in [5.41, 5.74) is 4.14. The number of likely N-dealkylation sites (tertiary alicyclic amines) is 2. The van der Waals surface area contributed by atoms with E-state index in [9.17, 15) is 19.2 Å². The highest BCUT2D eigenvalue weighted by atomic mass is 19.1. The van der Waals surface area contributed by atoms with Gasteiger partial charge in [0, 0.05) is 43.2 Å².